The van der Waals surface area contributed by atoms with Gasteiger partial charge in [0.1, 0.15) is 0 Å². The molecule has 3 rings (SSSR count). The summed E-state index contributed by atoms with van der Waals surface area (Å²) in [6.45, 7) is 2.67. The highest BCUT2D eigenvalue weighted by atomic mass is 19.3. The summed E-state index contributed by atoms with van der Waals surface area (Å²) in [5, 5.41) is 9.27. The lowest BCUT2D eigenvalue weighted by molar-refractivity contribution is -0.0555. The van der Waals surface area contributed by atoms with Crippen LogP contribution in [0.4, 0.5) is 13.6 Å². The third kappa shape index (κ3) is 4.39. The van der Waals surface area contributed by atoms with E-state index in [2.05, 4.69) is 26.8 Å². The second-order valence-electron chi connectivity index (χ2n) is 7.54. The molecule has 3 unspecified atom stereocenters. The van der Waals surface area contributed by atoms with Crippen LogP contribution in [0.25, 0.3) is 0 Å². The van der Waals surface area contributed by atoms with Gasteiger partial charge in [0.2, 0.25) is 0 Å². The van der Waals surface area contributed by atoms with Crippen molar-refractivity contribution >= 4 is 6.03 Å². The maximum Gasteiger partial charge on any atom is 0.315 e. The van der Waals surface area contributed by atoms with E-state index in [-0.39, 0.29) is 42.3 Å². The SMILES string of the molecule is CC1NNC(C)C1NC(=O)NC1CCC(C2NCCN2C(F)F)CC1. The van der Waals surface area contributed by atoms with Crippen LogP contribution in [0.5, 0.6) is 0 Å². The Morgan fingerprint density at radius 3 is 2.32 bits per heavy atom. The molecule has 3 atom stereocenters. The maximum atomic E-state index is 13.1. The Balaban J connectivity index is 1.42. The van der Waals surface area contributed by atoms with Crippen LogP contribution in [0.3, 0.4) is 0 Å². The summed E-state index contributed by atoms with van der Waals surface area (Å²) < 4.78 is 26.1. The van der Waals surface area contributed by atoms with E-state index in [4.69, 9.17) is 0 Å². The Kier molecular flexibility index (Phi) is 6.08. The number of nitrogens with one attached hydrogen (secondary N) is 5. The topological polar surface area (TPSA) is 80.5 Å². The Morgan fingerprint density at radius 1 is 1.08 bits per heavy atom. The lowest BCUT2D eigenvalue weighted by Gasteiger charge is -2.36. The molecule has 9 heteroatoms. The fraction of sp³-hybridized carbons (Fsp3) is 0.938. The van der Waals surface area contributed by atoms with Gasteiger partial charge in [-0.3, -0.25) is 10.9 Å². The molecule has 0 spiro atoms. The van der Waals surface area contributed by atoms with E-state index >= 15 is 0 Å². The fourth-order valence-corrected chi connectivity index (χ4v) is 4.34. The van der Waals surface area contributed by atoms with Gasteiger partial charge in [0.25, 0.3) is 6.55 Å². The van der Waals surface area contributed by atoms with Crippen molar-refractivity contribution in [1.82, 2.24) is 31.7 Å². The summed E-state index contributed by atoms with van der Waals surface area (Å²) in [5.74, 6) is 0.223. The van der Waals surface area contributed by atoms with Gasteiger partial charge in [0.15, 0.2) is 0 Å². The molecule has 0 aromatic carbocycles. The monoisotopic (exact) mass is 360 g/mol. The molecule has 25 heavy (non-hydrogen) atoms. The Hall–Kier alpha value is -1.03. The first-order chi connectivity index (χ1) is 12.0. The summed E-state index contributed by atoms with van der Waals surface area (Å²) in [7, 11) is 0. The van der Waals surface area contributed by atoms with Crippen LogP contribution in [-0.2, 0) is 0 Å². The third-order valence-corrected chi connectivity index (χ3v) is 5.80. The van der Waals surface area contributed by atoms with Crippen LogP contribution in [0.1, 0.15) is 39.5 Å². The zero-order chi connectivity index (χ0) is 18.0. The highest BCUT2D eigenvalue weighted by Crippen LogP contribution is 2.31. The molecule has 0 radical (unpaired) electrons. The average molecular weight is 360 g/mol. The lowest BCUT2D eigenvalue weighted by atomic mass is 9.84. The minimum Gasteiger partial charge on any atom is -0.335 e. The molecule has 2 aliphatic heterocycles. The summed E-state index contributed by atoms with van der Waals surface area (Å²) in [6.07, 6.45) is 3.14. The number of urea groups is 1. The number of hydrogen-bond acceptors (Lipinski definition) is 5. The number of carbonyl (C=O) groups is 1. The van der Waals surface area contributed by atoms with E-state index in [0.29, 0.717) is 13.1 Å². The number of halogens is 2. The van der Waals surface area contributed by atoms with Gasteiger partial charge in [-0.05, 0) is 45.4 Å². The summed E-state index contributed by atoms with van der Waals surface area (Å²) >= 11 is 0. The quantitative estimate of drug-likeness (QED) is 0.473. The van der Waals surface area contributed by atoms with Crippen molar-refractivity contribution < 1.29 is 13.6 Å². The molecule has 2 saturated heterocycles. The predicted molar refractivity (Wildman–Crippen MR) is 90.9 cm³/mol. The molecule has 0 aromatic heterocycles. The molecule has 1 saturated carbocycles. The minimum absolute atomic E-state index is 0.0404. The molecule has 144 valence electrons. The van der Waals surface area contributed by atoms with Gasteiger partial charge in [-0.25, -0.2) is 9.69 Å². The van der Waals surface area contributed by atoms with Gasteiger partial charge in [-0.1, -0.05) is 0 Å². The Bertz CT molecular complexity index is 450. The van der Waals surface area contributed by atoms with Crippen molar-refractivity contribution in [2.45, 2.75) is 76.4 Å². The third-order valence-electron chi connectivity index (χ3n) is 5.80. The number of rotatable bonds is 4. The Labute approximate surface area is 147 Å². The smallest absolute Gasteiger partial charge is 0.315 e. The van der Waals surface area contributed by atoms with Crippen LogP contribution in [0.2, 0.25) is 0 Å². The number of amides is 2. The van der Waals surface area contributed by atoms with Gasteiger partial charge in [-0.2, -0.15) is 8.78 Å². The van der Waals surface area contributed by atoms with Crippen LogP contribution in [0.15, 0.2) is 0 Å². The second kappa shape index (κ2) is 8.11. The van der Waals surface area contributed by atoms with Crippen molar-refractivity contribution in [3.8, 4) is 0 Å². The van der Waals surface area contributed by atoms with Crippen LogP contribution in [-0.4, -0.2) is 60.9 Å². The van der Waals surface area contributed by atoms with E-state index in [9.17, 15) is 13.6 Å². The molecule has 3 fully saturated rings. The zero-order valence-corrected chi connectivity index (χ0v) is 14.9. The maximum absolute atomic E-state index is 13.1. The zero-order valence-electron chi connectivity index (χ0n) is 14.9. The van der Waals surface area contributed by atoms with E-state index in [0.717, 1.165) is 25.7 Å². The normalized spacial score (nSPS) is 39.7. The summed E-state index contributed by atoms with van der Waals surface area (Å²) in [5.41, 5.74) is 6.23. The molecular formula is C16H30F2N6O. The van der Waals surface area contributed by atoms with Crippen molar-refractivity contribution in [2.24, 2.45) is 5.92 Å². The van der Waals surface area contributed by atoms with Crippen LogP contribution in [0, 0.1) is 5.92 Å². The lowest BCUT2D eigenvalue weighted by Crippen LogP contribution is -2.53. The van der Waals surface area contributed by atoms with Gasteiger partial charge in [-0.15, -0.1) is 0 Å². The number of nitrogens with zero attached hydrogens (tertiary/aromatic N) is 1. The first kappa shape index (κ1) is 18.8. The highest BCUT2D eigenvalue weighted by molar-refractivity contribution is 5.74. The molecule has 0 bridgehead atoms. The van der Waals surface area contributed by atoms with E-state index in [1.54, 1.807) is 0 Å². The number of hydrogen-bond donors (Lipinski definition) is 5. The van der Waals surface area contributed by atoms with Gasteiger partial charge < -0.3 is 16.0 Å². The van der Waals surface area contributed by atoms with Crippen molar-refractivity contribution in [1.29, 1.82) is 0 Å². The van der Waals surface area contributed by atoms with Crippen LogP contribution < -0.4 is 26.8 Å². The summed E-state index contributed by atoms with van der Waals surface area (Å²) in [4.78, 5) is 13.5. The largest absolute Gasteiger partial charge is 0.335 e. The first-order valence-electron chi connectivity index (χ1n) is 9.31. The van der Waals surface area contributed by atoms with Gasteiger partial charge in [0, 0.05) is 31.2 Å². The van der Waals surface area contributed by atoms with Gasteiger partial charge in [0.05, 0.1) is 12.2 Å². The molecule has 1 aliphatic carbocycles. The molecule has 2 amide bonds. The summed E-state index contributed by atoms with van der Waals surface area (Å²) in [6, 6.07) is 0.352. The molecule has 7 nitrogen and oxygen atoms in total. The molecule has 2 heterocycles. The van der Waals surface area contributed by atoms with Crippen molar-refractivity contribution in [2.75, 3.05) is 13.1 Å². The standard InChI is InChI=1S/C16H30F2N6O/c1-9-13(10(2)23-22-9)21-16(25)20-12-5-3-11(4-6-12)14-19-7-8-24(14)15(17)18/h9-15,19,22-23H,3-8H2,1-2H3,(H2,20,21,25). The molecule has 0 aromatic rings. The van der Waals surface area contributed by atoms with Crippen LogP contribution >= 0.6 is 0 Å². The van der Waals surface area contributed by atoms with Crippen molar-refractivity contribution in [3.63, 3.8) is 0 Å². The average Bonchev–Trinajstić information content (AvgIpc) is 3.18. The van der Waals surface area contributed by atoms with E-state index in [1.165, 1.54) is 4.90 Å². The highest BCUT2D eigenvalue weighted by Gasteiger charge is 2.38. The Morgan fingerprint density at radius 2 is 1.72 bits per heavy atom. The van der Waals surface area contributed by atoms with E-state index in [1.807, 2.05) is 13.8 Å². The predicted octanol–water partition coefficient (Wildman–Crippen LogP) is 0.552. The molecule has 5 N–H and O–H groups in total. The molecular weight excluding hydrogens is 330 g/mol. The fourth-order valence-electron chi connectivity index (χ4n) is 4.34. The number of alkyl halides is 2. The van der Waals surface area contributed by atoms with E-state index < -0.39 is 6.55 Å². The van der Waals surface area contributed by atoms with Gasteiger partial charge >= 0.3 is 6.03 Å². The minimum atomic E-state index is -2.40. The molecule has 3 aliphatic rings. The first-order valence-corrected chi connectivity index (χ1v) is 9.31. The number of hydrazine groups is 1. The number of carbonyl (C=O) groups excluding carboxylic acids is 1. The second-order valence-corrected chi connectivity index (χ2v) is 7.54. The van der Waals surface area contributed by atoms with Crippen molar-refractivity contribution in [3.05, 3.63) is 0 Å².